The van der Waals surface area contributed by atoms with Crippen LogP contribution in [0.15, 0.2) is 6.20 Å². The highest BCUT2D eigenvalue weighted by atomic mass is 32.2. The van der Waals surface area contributed by atoms with E-state index in [0.29, 0.717) is 5.92 Å². The summed E-state index contributed by atoms with van der Waals surface area (Å²) in [6.07, 6.45) is 3.92. The van der Waals surface area contributed by atoms with Crippen LogP contribution in [0.1, 0.15) is 12.1 Å². The maximum absolute atomic E-state index is 6.13. The predicted octanol–water partition coefficient (Wildman–Crippen LogP) is 0.438. The van der Waals surface area contributed by atoms with Gasteiger partial charge in [-0.15, -0.1) is 0 Å². The van der Waals surface area contributed by atoms with E-state index in [1.807, 2.05) is 25.0 Å². The first-order chi connectivity index (χ1) is 6.75. The average Bonchev–Trinajstić information content (AvgIpc) is 2.75. The molecule has 2 unspecified atom stereocenters. The monoisotopic (exact) mass is 212 g/mol. The fraction of sp³-hybridized carbons (Fsp3) is 0.778. The van der Waals surface area contributed by atoms with Gasteiger partial charge in [0.15, 0.2) is 0 Å². The van der Waals surface area contributed by atoms with Crippen molar-refractivity contribution >= 4 is 11.8 Å². The lowest BCUT2D eigenvalue weighted by Crippen LogP contribution is -2.32. The van der Waals surface area contributed by atoms with Gasteiger partial charge < -0.3 is 5.73 Å². The molecule has 0 aliphatic carbocycles. The van der Waals surface area contributed by atoms with Crippen LogP contribution in [0.3, 0.4) is 0 Å². The van der Waals surface area contributed by atoms with E-state index in [4.69, 9.17) is 5.73 Å². The number of nitrogens with two attached hydrogens (primary N) is 1. The molecule has 2 atom stereocenters. The van der Waals surface area contributed by atoms with Crippen LogP contribution >= 0.6 is 11.8 Å². The molecule has 1 aliphatic heterocycles. The van der Waals surface area contributed by atoms with E-state index < -0.39 is 0 Å². The smallest absolute Gasteiger partial charge is 0.0842 e. The van der Waals surface area contributed by atoms with E-state index in [1.165, 1.54) is 17.9 Å². The summed E-state index contributed by atoms with van der Waals surface area (Å²) in [6, 6.07) is 0.252. The molecule has 0 aromatic carbocycles. The summed E-state index contributed by atoms with van der Waals surface area (Å²) in [4.78, 5) is 1.59. The predicted molar refractivity (Wildman–Crippen MR) is 58.1 cm³/mol. The fourth-order valence-corrected chi connectivity index (χ4v) is 3.13. The molecule has 14 heavy (non-hydrogen) atoms. The van der Waals surface area contributed by atoms with Crippen molar-refractivity contribution < 1.29 is 0 Å². The highest BCUT2D eigenvalue weighted by Crippen LogP contribution is 2.26. The third kappa shape index (κ3) is 2.27. The quantitative estimate of drug-likeness (QED) is 0.790. The largest absolute Gasteiger partial charge is 0.327 e. The van der Waals surface area contributed by atoms with Gasteiger partial charge in [0.05, 0.1) is 11.9 Å². The molecule has 1 saturated heterocycles. The van der Waals surface area contributed by atoms with Gasteiger partial charge >= 0.3 is 0 Å². The van der Waals surface area contributed by atoms with E-state index in [9.17, 15) is 0 Å². The Morgan fingerprint density at radius 3 is 3.21 bits per heavy atom. The molecule has 2 N–H and O–H groups in total. The molecule has 2 rings (SSSR count). The van der Waals surface area contributed by atoms with Crippen LogP contribution in [-0.4, -0.2) is 32.5 Å². The molecular weight excluding hydrogens is 196 g/mol. The second kappa shape index (κ2) is 4.31. The van der Waals surface area contributed by atoms with Crippen molar-refractivity contribution in [1.82, 2.24) is 15.0 Å². The van der Waals surface area contributed by atoms with Gasteiger partial charge in [-0.1, -0.05) is 0 Å². The number of thioether (sulfide) groups is 1. The molecule has 0 bridgehead atoms. The molecule has 0 radical (unpaired) electrons. The van der Waals surface area contributed by atoms with Gasteiger partial charge in [0.2, 0.25) is 0 Å². The molecule has 0 saturated carbocycles. The van der Waals surface area contributed by atoms with E-state index in [1.54, 1.807) is 4.80 Å². The molecule has 1 aromatic heterocycles. The Kier molecular flexibility index (Phi) is 3.08. The van der Waals surface area contributed by atoms with Crippen molar-refractivity contribution in [2.45, 2.75) is 18.9 Å². The lowest BCUT2D eigenvalue weighted by Gasteiger charge is -2.16. The Morgan fingerprint density at radius 2 is 2.64 bits per heavy atom. The maximum Gasteiger partial charge on any atom is 0.0842 e. The first kappa shape index (κ1) is 9.98. The zero-order valence-electron chi connectivity index (χ0n) is 8.39. The van der Waals surface area contributed by atoms with Crippen LogP contribution in [-0.2, 0) is 13.5 Å². The van der Waals surface area contributed by atoms with Crippen molar-refractivity contribution in [3.05, 3.63) is 11.9 Å². The molecule has 2 heterocycles. The minimum absolute atomic E-state index is 0.252. The van der Waals surface area contributed by atoms with E-state index in [-0.39, 0.29) is 6.04 Å². The Labute approximate surface area is 88.2 Å². The molecule has 0 spiro atoms. The summed E-state index contributed by atoms with van der Waals surface area (Å²) in [6.45, 7) is 0. The SMILES string of the molecule is Cn1ncc(CC(N)C2CCSC2)n1. The highest BCUT2D eigenvalue weighted by Gasteiger charge is 2.23. The number of nitrogens with zero attached hydrogens (tertiary/aromatic N) is 3. The maximum atomic E-state index is 6.13. The van der Waals surface area contributed by atoms with E-state index in [2.05, 4.69) is 10.2 Å². The van der Waals surface area contributed by atoms with Gasteiger partial charge in [-0.3, -0.25) is 0 Å². The highest BCUT2D eigenvalue weighted by molar-refractivity contribution is 7.99. The van der Waals surface area contributed by atoms with Crippen molar-refractivity contribution in [1.29, 1.82) is 0 Å². The van der Waals surface area contributed by atoms with Crippen molar-refractivity contribution in [2.75, 3.05) is 11.5 Å². The van der Waals surface area contributed by atoms with Crippen LogP contribution in [0.5, 0.6) is 0 Å². The van der Waals surface area contributed by atoms with Gasteiger partial charge in [0, 0.05) is 19.5 Å². The van der Waals surface area contributed by atoms with Crippen LogP contribution in [0, 0.1) is 5.92 Å². The van der Waals surface area contributed by atoms with Gasteiger partial charge in [-0.2, -0.15) is 26.8 Å². The number of rotatable bonds is 3. The van der Waals surface area contributed by atoms with E-state index in [0.717, 1.165) is 12.1 Å². The summed E-state index contributed by atoms with van der Waals surface area (Å²) in [5, 5.41) is 8.28. The van der Waals surface area contributed by atoms with Crippen LogP contribution in [0.4, 0.5) is 0 Å². The molecule has 0 amide bonds. The second-order valence-corrected chi connectivity index (χ2v) is 4.97. The minimum atomic E-state index is 0.252. The molecule has 1 aromatic rings. The average molecular weight is 212 g/mol. The summed E-state index contributed by atoms with van der Waals surface area (Å²) >= 11 is 2.01. The molecule has 4 nitrogen and oxygen atoms in total. The third-order valence-electron chi connectivity index (χ3n) is 2.66. The summed E-state index contributed by atoms with van der Waals surface area (Å²) in [5.74, 6) is 3.14. The summed E-state index contributed by atoms with van der Waals surface area (Å²) in [5.41, 5.74) is 7.14. The minimum Gasteiger partial charge on any atom is -0.327 e. The van der Waals surface area contributed by atoms with Crippen LogP contribution in [0.2, 0.25) is 0 Å². The van der Waals surface area contributed by atoms with Gasteiger partial charge in [-0.05, 0) is 23.8 Å². The topological polar surface area (TPSA) is 56.7 Å². The van der Waals surface area contributed by atoms with Crippen molar-refractivity contribution in [3.63, 3.8) is 0 Å². The zero-order chi connectivity index (χ0) is 9.97. The number of hydrogen-bond donors (Lipinski definition) is 1. The molecule has 1 fully saturated rings. The normalized spacial score (nSPS) is 24.0. The Hall–Kier alpha value is -0.550. The summed E-state index contributed by atoms with van der Waals surface area (Å²) < 4.78 is 0. The molecule has 1 aliphatic rings. The number of aryl methyl sites for hydroxylation is 1. The standard InChI is InChI=1S/C9H16N4S/c1-13-11-5-8(12-13)4-9(10)7-2-3-14-6-7/h5,7,9H,2-4,6,10H2,1H3. The van der Waals surface area contributed by atoms with Crippen LogP contribution < -0.4 is 5.73 Å². The zero-order valence-corrected chi connectivity index (χ0v) is 9.20. The lowest BCUT2D eigenvalue weighted by molar-refractivity contribution is 0.457. The van der Waals surface area contributed by atoms with E-state index >= 15 is 0 Å². The first-order valence-electron chi connectivity index (χ1n) is 4.94. The Morgan fingerprint density at radius 1 is 1.79 bits per heavy atom. The van der Waals surface area contributed by atoms with Crippen molar-refractivity contribution in [3.8, 4) is 0 Å². The first-order valence-corrected chi connectivity index (χ1v) is 6.09. The third-order valence-corrected chi connectivity index (χ3v) is 3.85. The number of aromatic nitrogens is 3. The molecule has 5 heteroatoms. The van der Waals surface area contributed by atoms with Crippen molar-refractivity contribution in [2.24, 2.45) is 18.7 Å². The summed E-state index contributed by atoms with van der Waals surface area (Å²) in [7, 11) is 1.83. The lowest BCUT2D eigenvalue weighted by atomic mass is 9.96. The van der Waals surface area contributed by atoms with Gasteiger partial charge in [-0.25, -0.2) is 0 Å². The van der Waals surface area contributed by atoms with Gasteiger partial charge in [0.25, 0.3) is 0 Å². The Balaban J connectivity index is 1.90. The van der Waals surface area contributed by atoms with Gasteiger partial charge in [0.1, 0.15) is 0 Å². The Bertz CT molecular complexity index is 293. The number of hydrogen-bond acceptors (Lipinski definition) is 4. The second-order valence-electron chi connectivity index (χ2n) is 3.82. The molecule has 78 valence electrons. The fourth-order valence-electron chi connectivity index (χ4n) is 1.78. The molecular formula is C9H16N4S. The van der Waals surface area contributed by atoms with Crippen LogP contribution in [0.25, 0.3) is 0 Å².